The Labute approximate surface area is 234 Å². The average Bonchev–Trinajstić information content (AvgIpc) is 3.39. The van der Waals surface area contributed by atoms with Gasteiger partial charge >= 0.3 is 11.9 Å². The van der Waals surface area contributed by atoms with Crippen LogP contribution in [0.5, 0.6) is 5.75 Å². The molecule has 0 spiro atoms. The van der Waals surface area contributed by atoms with Crippen molar-refractivity contribution in [2.75, 3.05) is 18.1 Å². The fourth-order valence-corrected chi connectivity index (χ4v) is 6.13. The van der Waals surface area contributed by atoms with Gasteiger partial charge in [-0.25, -0.2) is 9.79 Å². The normalized spacial score (nSPS) is 17.2. The zero-order chi connectivity index (χ0) is 28.6. The maximum Gasteiger partial charge on any atom is 0.338 e. The Balaban J connectivity index is 1.75. The lowest BCUT2D eigenvalue weighted by molar-refractivity contribution is -0.138. The number of rotatable bonds is 7. The standard InChI is InChI=1S/C30H27N3O6S/c1-5-15-32-22-10-8-7-9-21(22)24(27(32)35)26-28(36)33-25(19-11-13-20(14-12-19)39-18(4)34)23(29(37)38-16-6-2)17(3)31-30(33)40-26/h6-14,25H,2,5,15-16H2,1,3-4H3. The molecule has 1 amide bonds. The van der Waals surface area contributed by atoms with Crippen LogP contribution in [0.4, 0.5) is 5.69 Å². The van der Waals surface area contributed by atoms with E-state index in [9.17, 15) is 19.2 Å². The summed E-state index contributed by atoms with van der Waals surface area (Å²) in [7, 11) is 0. The summed E-state index contributed by atoms with van der Waals surface area (Å²) in [6.07, 6.45) is 2.21. The number of benzene rings is 2. The average molecular weight is 558 g/mol. The third-order valence-corrected chi connectivity index (χ3v) is 7.66. The van der Waals surface area contributed by atoms with Gasteiger partial charge in [-0.05, 0) is 37.1 Å². The molecule has 204 valence electrons. The fraction of sp³-hybridized carbons (Fsp3) is 0.233. The van der Waals surface area contributed by atoms with Gasteiger partial charge in [0.2, 0.25) is 0 Å². The highest BCUT2D eigenvalue weighted by molar-refractivity contribution is 7.07. The van der Waals surface area contributed by atoms with Gasteiger partial charge in [-0.15, -0.1) is 0 Å². The van der Waals surface area contributed by atoms with Crippen LogP contribution in [-0.4, -0.2) is 35.6 Å². The molecule has 10 heteroatoms. The topological polar surface area (TPSA) is 107 Å². The van der Waals surface area contributed by atoms with Crippen molar-refractivity contribution in [3.05, 3.63) is 103 Å². The molecule has 0 saturated carbocycles. The highest BCUT2D eigenvalue weighted by atomic mass is 32.1. The zero-order valence-corrected chi connectivity index (χ0v) is 23.1. The smallest absolute Gasteiger partial charge is 0.338 e. The molecule has 0 fully saturated rings. The van der Waals surface area contributed by atoms with Crippen molar-refractivity contribution < 1.29 is 23.9 Å². The van der Waals surface area contributed by atoms with Gasteiger partial charge in [0.1, 0.15) is 16.9 Å². The summed E-state index contributed by atoms with van der Waals surface area (Å²) >= 11 is 1.12. The van der Waals surface area contributed by atoms with E-state index in [0.29, 0.717) is 39.5 Å². The quantitative estimate of drug-likeness (QED) is 0.251. The minimum absolute atomic E-state index is 0.0131. The molecule has 1 aromatic heterocycles. The van der Waals surface area contributed by atoms with Crippen molar-refractivity contribution in [2.24, 2.45) is 4.99 Å². The number of hydrogen-bond acceptors (Lipinski definition) is 8. The van der Waals surface area contributed by atoms with E-state index in [2.05, 4.69) is 11.6 Å². The van der Waals surface area contributed by atoms with E-state index in [1.165, 1.54) is 17.6 Å². The van der Waals surface area contributed by atoms with Gasteiger partial charge < -0.3 is 14.4 Å². The van der Waals surface area contributed by atoms with Crippen molar-refractivity contribution >= 4 is 40.4 Å². The van der Waals surface area contributed by atoms with E-state index in [0.717, 1.165) is 23.4 Å². The molecule has 5 rings (SSSR count). The largest absolute Gasteiger partial charge is 0.458 e. The van der Waals surface area contributed by atoms with Gasteiger partial charge in [0.05, 0.1) is 28.6 Å². The Morgan fingerprint density at radius 3 is 2.52 bits per heavy atom. The minimum Gasteiger partial charge on any atom is -0.458 e. The number of nitrogens with zero attached hydrogens (tertiary/aromatic N) is 3. The third kappa shape index (κ3) is 4.60. The van der Waals surface area contributed by atoms with Crippen LogP contribution >= 0.6 is 11.3 Å². The van der Waals surface area contributed by atoms with Crippen LogP contribution in [0, 0.1) is 0 Å². The Bertz CT molecular complexity index is 1760. The third-order valence-electron chi connectivity index (χ3n) is 6.60. The van der Waals surface area contributed by atoms with Crippen molar-refractivity contribution in [1.29, 1.82) is 0 Å². The molecule has 9 nitrogen and oxygen atoms in total. The highest BCUT2D eigenvalue weighted by Crippen LogP contribution is 2.36. The molecule has 0 N–H and O–H groups in total. The van der Waals surface area contributed by atoms with E-state index in [-0.39, 0.29) is 22.6 Å². The number of amides is 1. The predicted molar refractivity (Wildman–Crippen MR) is 151 cm³/mol. The first-order chi connectivity index (χ1) is 19.3. The Morgan fingerprint density at radius 1 is 1.12 bits per heavy atom. The van der Waals surface area contributed by atoms with E-state index in [1.807, 2.05) is 31.2 Å². The lowest BCUT2D eigenvalue weighted by Gasteiger charge is -2.24. The van der Waals surface area contributed by atoms with Crippen LogP contribution in [-0.2, 0) is 19.1 Å². The molecule has 3 heterocycles. The van der Waals surface area contributed by atoms with Crippen LogP contribution in [0.25, 0.3) is 5.57 Å². The molecule has 2 aromatic carbocycles. The molecule has 0 radical (unpaired) electrons. The van der Waals surface area contributed by atoms with Crippen molar-refractivity contribution in [2.45, 2.75) is 33.2 Å². The summed E-state index contributed by atoms with van der Waals surface area (Å²) in [6, 6.07) is 13.1. The minimum atomic E-state index is -0.882. The number of esters is 2. The molecule has 1 atom stereocenters. The van der Waals surface area contributed by atoms with Crippen molar-refractivity contribution in [3.8, 4) is 5.75 Å². The first kappa shape index (κ1) is 27.0. The molecule has 0 saturated heterocycles. The predicted octanol–water partition coefficient (Wildman–Crippen LogP) is 3.02. The maximum absolute atomic E-state index is 14.2. The first-order valence-corrected chi connectivity index (χ1v) is 13.6. The van der Waals surface area contributed by atoms with Gasteiger partial charge in [0.15, 0.2) is 4.80 Å². The number of fused-ring (bicyclic) bond motifs is 2. The molecule has 1 unspecified atom stereocenters. The van der Waals surface area contributed by atoms with Gasteiger partial charge in [0.25, 0.3) is 11.5 Å². The SMILES string of the molecule is C=CCOC(=O)C1=C(C)N=c2sc(=C3C(=O)N(CCC)c4ccccc43)c(=O)n2C1c1ccc(OC(C)=O)cc1. The van der Waals surface area contributed by atoms with Gasteiger partial charge in [-0.1, -0.05) is 61.2 Å². The summed E-state index contributed by atoms with van der Waals surface area (Å²) in [5.41, 5.74) is 2.51. The summed E-state index contributed by atoms with van der Waals surface area (Å²) in [5, 5.41) is 0. The first-order valence-electron chi connectivity index (χ1n) is 12.8. The van der Waals surface area contributed by atoms with Crippen LogP contribution in [0.15, 0.2) is 82.2 Å². The zero-order valence-electron chi connectivity index (χ0n) is 22.3. The number of ether oxygens (including phenoxy) is 2. The second-order valence-corrected chi connectivity index (χ2v) is 10.3. The number of anilines is 1. The second-order valence-electron chi connectivity index (χ2n) is 9.30. The summed E-state index contributed by atoms with van der Waals surface area (Å²) < 4.78 is 12.2. The summed E-state index contributed by atoms with van der Waals surface area (Å²) in [5.74, 6) is -1.02. The van der Waals surface area contributed by atoms with E-state index < -0.39 is 23.5 Å². The van der Waals surface area contributed by atoms with Gasteiger partial charge in [-0.3, -0.25) is 19.0 Å². The number of hydrogen-bond donors (Lipinski definition) is 0. The molecule has 40 heavy (non-hydrogen) atoms. The Morgan fingerprint density at radius 2 is 1.85 bits per heavy atom. The summed E-state index contributed by atoms with van der Waals surface area (Å²) in [6.45, 7) is 9.08. The number of para-hydroxylation sites is 1. The lowest BCUT2D eigenvalue weighted by Crippen LogP contribution is -2.41. The number of carbonyl (C=O) groups is 3. The van der Waals surface area contributed by atoms with E-state index in [1.54, 1.807) is 36.1 Å². The fourth-order valence-electron chi connectivity index (χ4n) is 4.99. The molecular weight excluding hydrogens is 530 g/mol. The van der Waals surface area contributed by atoms with E-state index >= 15 is 0 Å². The summed E-state index contributed by atoms with van der Waals surface area (Å²) in [4.78, 5) is 59.1. The Hall–Kier alpha value is -4.57. The van der Waals surface area contributed by atoms with Gasteiger partial charge in [0, 0.05) is 19.0 Å². The van der Waals surface area contributed by atoms with Crippen LogP contribution in [0.3, 0.4) is 0 Å². The van der Waals surface area contributed by atoms with Gasteiger partial charge in [-0.2, -0.15) is 0 Å². The number of carbonyl (C=O) groups excluding carboxylic acids is 3. The molecule has 0 bridgehead atoms. The van der Waals surface area contributed by atoms with Crippen LogP contribution in [0.1, 0.15) is 44.4 Å². The monoisotopic (exact) mass is 557 g/mol. The Kier molecular flexibility index (Phi) is 7.36. The second kappa shape index (κ2) is 10.9. The molecule has 2 aliphatic rings. The lowest BCUT2D eigenvalue weighted by atomic mass is 9.96. The molecule has 2 aliphatic heterocycles. The molecular formula is C30H27N3O6S. The molecule has 3 aromatic rings. The number of aromatic nitrogens is 1. The van der Waals surface area contributed by atoms with Crippen LogP contribution < -0.4 is 24.5 Å². The number of thiazole rings is 1. The number of allylic oxidation sites excluding steroid dienone is 1. The highest BCUT2D eigenvalue weighted by Gasteiger charge is 2.37. The van der Waals surface area contributed by atoms with E-state index in [4.69, 9.17) is 9.47 Å². The van der Waals surface area contributed by atoms with Crippen LogP contribution in [0.2, 0.25) is 0 Å². The van der Waals surface area contributed by atoms with Crippen molar-refractivity contribution in [1.82, 2.24) is 4.57 Å². The molecule has 0 aliphatic carbocycles. The van der Waals surface area contributed by atoms with Crippen molar-refractivity contribution in [3.63, 3.8) is 0 Å². The maximum atomic E-state index is 14.2.